The number of thiazole rings is 1. The first-order chi connectivity index (χ1) is 13.3. The molecule has 2 amide bonds. The summed E-state index contributed by atoms with van der Waals surface area (Å²) in [7, 11) is 0. The Morgan fingerprint density at radius 1 is 1.29 bits per heavy atom. The van der Waals surface area contributed by atoms with Gasteiger partial charge in [0.15, 0.2) is 10.9 Å². The van der Waals surface area contributed by atoms with Crippen molar-refractivity contribution in [1.29, 1.82) is 0 Å². The Morgan fingerprint density at radius 2 is 2.00 bits per heavy atom. The number of aryl methyl sites for hydroxylation is 1. The molecule has 8 heteroatoms. The summed E-state index contributed by atoms with van der Waals surface area (Å²) in [6.45, 7) is 7.29. The maximum absolute atomic E-state index is 13.0. The molecule has 146 valence electrons. The molecule has 1 aliphatic heterocycles. The molecule has 4 rings (SSSR count). The van der Waals surface area contributed by atoms with E-state index in [-0.39, 0.29) is 29.3 Å². The van der Waals surface area contributed by atoms with Crippen LogP contribution in [0.15, 0.2) is 6.07 Å². The lowest BCUT2D eigenvalue weighted by molar-refractivity contribution is -0.114. The zero-order valence-corrected chi connectivity index (χ0v) is 17.1. The van der Waals surface area contributed by atoms with Crippen LogP contribution < -0.4 is 5.32 Å². The summed E-state index contributed by atoms with van der Waals surface area (Å²) in [6, 6.07) is 2.05. The van der Waals surface area contributed by atoms with E-state index in [4.69, 9.17) is 0 Å². The normalized spacial score (nSPS) is 16.9. The van der Waals surface area contributed by atoms with Gasteiger partial charge in [0.1, 0.15) is 5.69 Å². The maximum Gasteiger partial charge on any atom is 0.257 e. The molecule has 7 nitrogen and oxygen atoms in total. The minimum absolute atomic E-state index is 0.0985. The molecule has 0 bridgehead atoms. The van der Waals surface area contributed by atoms with E-state index < -0.39 is 0 Å². The first-order valence-electron chi connectivity index (χ1n) is 9.37. The van der Waals surface area contributed by atoms with Crippen LogP contribution in [0.3, 0.4) is 0 Å². The quantitative estimate of drug-likeness (QED) is 0.779. The average Bonchev–Trinajstić information content (AvgIpc) is 3.33. The fraction of sp³-hybridized carbons (Fsp3) is 0.450. The van der Waals surface area contributed by atoms with Crippen molar-refractivity contribution in [1.82, 2.24) is 14.9 Å². The Labute approximate surface area is 167 Å². The molecule has 28 heavy (non-hydrogen) atoms. The second kappa shape index (κ2) is 6.77. The van der Waals surface area contributed by atoms with E-state index >= 15 is 0 Å². The van der Waals surface area contributed by atoms with Gasteiger partial charge in [0.2, 0.25) is 5.91 Å². The highest BCUT2D eigenvalue weighted by Gasteiger charge is 2.40. The lowest BCUT2D eigenvalue weighted by Gasteiger charge is -2.23. The predicted octanol–water partition coefficient (Wildman–Crippen LogP) is 3.43. The Bertz CT molecular complexity index is 1010. The van der Waals surface area contributed by atoms with Crippen LogP contribution in [0, 0.1) is 12.8 Å². The van der Waals surface area contributed by atoms with Crippen molar-refractivity contribution in [2.45, 2.75) is 53.1 Å². The van der Waals surface area contributed by atoms with E-state index in [1.54, 1.807) is 0 Å². The molecule has 0 spiro atoms. The molecular formula is C20H22N4O3S. The number of pyridine rings is 1. The third kappa shape index (κ3) is 3.22. The van der Waals surface area contributed by atoms with Crippen LogP contribution in [0.25, 0.3) is 10.6 Å². The van der Waals surface area contributed by atoms with E-state index in [0.29, 0.717) is 28.9 Å². The van der Waals surface area contributed by atoms with Gasteiger partial charge in [0.25, 0.3) is 5.91 Å². The van der Waals surface area contributed by atoms with Crippen LogP contribution in [0.5, 0.6) is 0 Å². The fourth-order valence-corrected chi connectivity index (χ4v) is 4.70. The van der Waals surface area contributed by atoms with E-state index in [1.165, 1.54) is 25.2 Å². The third-order valence-electron chi connectivity index (χ3n) is 5.36. The van der Waals surface area contributed by atoms with Gasteiger partial charge < -0.3 is 10.2 Å². The molecule has 0 saturated heterocycles. The summed E-state index contributed by atoms with van der Waals surface area (Å²) in [5.41, 5.74) is 2.83. The lowest BCUT2D eigenvalue weighted by atomic mass is 10.0. The third-order valence-corrected chi connectivity index (χ3v) is 6.45. The van der Waals surface area contributed by atoms with Crippen LogP contribution in [0.2, 0.25) is 0 Å². The number of amides is 2. The molecule has 0 unspecified atom stereocenters. The number of rotatable bonds is 5. The predicted molar refractivity (Wildman–Crippen MR) is 106 cm³/mol. The molecule has 2 aliphatic rings. The molecule has 2 aromatic heterocycles. The largest absolute Gasteiger partial charge is 0.331 e. The number of hydrogen-bond donors (Lipinski definition) is 1. The minimum Gasteiger partial charge on any atom is -0.331 e. The molecule has 1 saturated carbocycles. The average molecular weight is 398 g/mol. The van der Waals surface area contributed by atoms with Crippen molar-refractivity contribution in [2.75, 3.05) is 5.32 Å². The van der Waals surface area contributed by atoms with Crippen LogP contribution in [0.1, 0.15) is 65.7 Å². The SMILES string of the molecule is CC(=O)Nc1nc(C)c(-c2cc3c(c(C(C)=O)n2)C(=O)N([C@@H](C)C2CC2)C3)s1. The van der Waals surface area contributed by atoms with Crippen molar-refractivity contribution >= 4 is 34.1 Å². The molecule has 2 aromatic rings. The summed E-state index contributed by atoms with van der Waals surface area (Å²) in [6.07, 6.45) is 2.30. The molecule has 1 N–H and O–H groups in total. The Balaban J connectivity index is 1.77. The van der Waals surface area contributed by atoms with Gasteiger partial charge in [-0.3, -0.25) is 14.4 Å². The molecule has 1 atom stereocenters. The van der Waals surface area contributed by atoms with Gasteiger partial charge in [-0.15, -0.1) is 0 Å². The van der Waals surface area contributed by atoms with Crippen LogP contribution in [0.4, 0.5) is 5.13 Å². The second-order valence-electron chi connectivity index (χ2n) is 7.57. The Kier molecular flexibility index (Phi) is 4.53. The van der Waals surface area contributed by atoms with E-state index in [0.717, 1.165) is 29.0 Å². The fourth-order valence-electron chi connectivity index (χ4n) is 3.73. The zero-order valence-electron chi connectivity index (χ0n) is 16.3. The summed E-state index contributed by atoms with van der Waals surface area (Å²) < 4.78 is 0. The first-order valence-corrected chi connectivity index (χ1v) is 10.2. The van der Waals surface area contributed by atoms with Gasteiger partial charge in [-0.2, -0.15) is 0 Å². The number of aromatic nitrogens is 2. The smallest absolute Gasteiger partial charge is 0.257 e. The number of anilines is 1. The molecule has 0 aromatic carbocycles. The zero-order chi connectivity index (χ0) is 20.2. The number of carbonyl (C=O) groups excluding carboxylic acids is 3. The first kappa shape index (κ1) is 18.7. The van der Waals surface area contributed by atoms with Gasteiger partial charge in [-0.05, 0) is 44.2 Å². The molecule has 3 heterocycles. The van der Waals surface area contributed by atoms with Crippen molar-refractivity contribution in [3.8, 4) is 10.6 Å². The van der Waals surface area contributed by atoms with Gasteiger partial charge in [0.05, 0.1) is 21.8 Å². The van der Waals surface area contributed by atoms with Crippen molar-refractivity contribution in [3.63, 3.8) is 0 Å². The standard InChI is InChI=1S/C20H22N4O3S/c1-9-18(28-20(21-9)22-12(4)26)15-7-14-8-24(10(2)13-5-6-13)19(27)16(14)17(23-15)11(3)25/h7,10,13H,5-6,8H2,1-4H3,(H,21,22,26)/t10-/m0/s1. The number of fused-ring (bicyclic) bond motifs is 1. The number of carbonyl (C=O) groups is 3. The van der Waals surface area contributed by atoms with E-state index in [9.17, 15) is 14.4 Å². The van der Waals surface area contributed by atoms with Gasteiger partial charge in [0, 0.05) is 26.4 Å². The van der Waals surface area contributed by atoms with Crippen molar-refractivity contribution < 1.29 is 14.4 Å². The van der Waals surface area contributed by atoms with E-state index in [2.05, 4.69) is 22.2 Å². The van der Waals surface area contributed by atoms with Crippen molar-refractivity contribution in [3.05, 3.63) is 28.6 Å². The van der Waals surface area contributed by atoms with Crippen LogP contribution in [-0.2, 0) is 11.3 Å². The summed E-state index contributed by atoms with van der Waals surface area (Å²) >= 11 is 1.31. The minimum atomic E-state index is -0.225. The van der Waals surface area contributed by atoms with Crippen molar-refractivity contribution in [2.24, 2.45) is 5.92 Å². The number of hydrogen-bond acceptors (Lipinski definition) is 6. The van der Waals surface area contributed by atoms with Gasteiger partial charge in [-0.1, -0.05) is 11.3 Å². The topological polar surface area (TPSA) is 92.3 Å². The summed E-state index contributed by atoms with van der Waals surface area (Å²) in [4.78, 5) is 48.2. The highest BCUT2D eigenvalue weighted by Crippen LogP contribution is 2.40. The van der Waals surface area contributed by atoms with Gasteiger partial charge in [-0.25, -0.2) is 9.97 Å². The summed E-state index contributed by atoms with van der Waals surface area (Å²) in [5, 5.41) is 3.18. The summed E-state index contributed by atoms with van der Waals surface area (Å²) in [5.74, 6) is 0.0348. The van der Waals surface area contributed by atoms with Gasteiger partial charge >= 0.3 is 0 Å². The lowest BCUT2D eigenvalue weighted by Crippen LogP contribution is -2.35. The van der Waals surface area contributed by atoms with E-state index in [1.807, 2.05) is 17.9 Å². The van der Waals surface area contributed by atoms with Crippen LogP contribution in [-0.4, -0.2) is 38.5 Å². The maximum atomic E-state index is 13.0. The molecule has 0 radical (unpaired) electrons. The molecule has 1 fully saturated rings. The number of ketones is 1. The number of Topliss-reactive ketones (excluding diaryl/α,β-unsaturated/α-hetero) is 1. The Hall–Kier alpha value is -2.61. The molecule has 1 aliphatic carbocycles. The highest BCUT2D eigenvalue weighted by atomic mass is 32.1. The second-order valence-corrected chi connectivity index (χ2v) is 8.57. The molecular weight excluding hydrogens is 376 g/mol. The monoisotopic (exact) mass is 398 g/mol. The Morgan fingerprint density at radius 3 is 2.61 bits per heavy atom. The van der Waals surface area contributed by atoms with Crippen LogP contribution >= 0.6 is 11.3 Å². The number of nitrogens with zero attached hydrogens (tertiary/aromatic N) is 3. The highest BCUT2D eigenvalue weighted by molar-refractivity contribution is 7.19. The number of nitrogens with one attached hydrogen (secondary N) is 1.